The molecule has 0 saturated heterocycles. The van der Waals surface area contributed by atoms with Gasteiger partial charge in [0, 0.05) is 41.4 Å². The van der Waals surface area contributed by atoms with Crippen molar-refractivity contribution in [1.29, 1.82) is 0 Å². The fraction of sp³-hybridized carbons (Fsp3) is 0.150. The Balaban J connectivity index is 1.48. The van der Waals surface area contributed by atoms with Gasteiger partial charge in [-0.25, -0.2) is 0 Å². The van der Waals surface area contributed by atoms with E-state index in [-0.39, 0.29) is 0 Å². The van der Waals surface area contributed by atoms with Crippen molar-refractivity contribution in [2.75, 3.05) is 18.4 Å². The molecular formula is C20H19N3S. The summed E-state index contributed by atoms with van der Waals surface area (Å²) < 4.78 is 0. The van der Waals surface area contributed by atoms with Crippen molar-refractivity contribution in [3.63, 3.8) is 0 Å². The number of anilines is 1. The first-order chi connectivity index (χ1) is 11.8. The molecule has 4 heteroatoms. The number of para-hydroxylation sites is 2. The molecule has 3 nitrogen and oxygen atoms in total. The van der Waals surface area contributed by atoms with Crippen LogP contribution < -0.4 is 5.32 Å². The van der Waals surface area contributed by atoms with Gasteiger partial charge in [0.25, 0.3) is 0 Å². The van der Waals surface area contributed by atoms with Gasteiger partial charge in [-0.2, -0.15) is 0 Å². The number of fused-ring (bicyclic) bond motifs is 1. The number of thiocarbonyl (C=S) groups is 1. The summed E-state index contributed by atoms with van der Waals surface area (Å²) in [5.41, 5.74) is 4.93. The third kappa shape index (κ3) is 2.93. The van der Waals surface area contributed by atoms with Crippen molar-refractivity contribution in [3.8, 4) is 0 Å². The van der Waals surface area contributed by atoms with E-state index in [1.54, 1.807) is 0 Å². The first-order valence-corrected chi connectivity index (χ1v) is 8.58. The Hall–Kier alpha value is -2.59. The molecule has 0 aliphatic carbocycles. The molecule has 0 fully saturated rings. The molecule has 0 saturated carbocycles. The second-order valence-electron chi connectivity index (χ2n) is 5.97. The molecule has 1 aromatic heterocycles. The Bertz CT molecular complexity index is 895. The van der Waals surface area contributed by atoms with E-state index in [9.17, 15) is 0 Å². The van der Waals surface area contributed by atoms with E-state index < -0.39 is 0 Å². The van der Waals surface area contributed by atoms with E-state index in [1.165, 1.54) is 22.0 Å². The third-order valence-corrected chi connectivity index (χ3v) is 4.82. The Labute approximate surface area is 147 Å². The van der Waals surface area contributed by atoms with E-state index >= 15 is 0 Å². The van der Waals surface area contributed by atoms with E-state index in [4.69, 9.17) is 12.2 Å². The predicted molar refractivity (Wildman–Crippen MR) is 105 cm³/mol. The summed E-state index contributed by atoms with van der Waals surface area (Å²) in [6, 6.07) is 18.5. The van der Waals surface area contributed by atoms with Crippen LogP contribution in [0.4, 0.5) is 5.69 Å². The zero-order chi connectivity index (χ0) is 16.4. The SMILES string of the molecule is S=C(Nc1ccccc1)N1CC=C(c2c[nH]c3ccccc23)CC1. The standard InChI is InChI=1S/C20H19N3S/c24-20(22-16-6-2-1-3-7-16)23-12-10-15(11-13-23)18-14-21-19-9-5-4-8-17(18)19/h1-10,14,21H,11-13H2,(H,22,24). The highest BCUT2D eigenvalue weighted by atomic mass is 32.1. The molecule has 2 aromatic carbocycles. The van der Waals surface area contributed by atoms with Crippen LogP contribution in [0.2, 0.25) is 0 Å². The topological polar surface area (TPSA) is 31.1 Å². The van der Waals surface area contributed by atoms with Crippen LogP contribution >= 0.6 is 12.2 Å². The van der Waals surface area contributed by atoms with Crippen molar-refractivity contribution in [1.82, 2.24) is 9.88 Å². The third-order valence-electron chi connectivity index (χ3n) is 4.46. The molecule has 0 radical (unpaired) electrons. The molecule has 24 heavy (non-hydrogen) atoms. The first kappa shape index (κ1) is 15.0. The average molecular weight is 333 g/mol. The van der Waals surface area contributed by atoms with Crippen LogP contribution in [0.3, 0.4) is 0 Å². The molecule has 3 aromatic rings. The van der Waals surface area contributed by atoms with Crippen LogP contribution in [0.25, 0.3) is 16.5 Å². The maximum atomic E-state index is 5.55. The molecule has 0 amide bonds. The minimum atomic E-state index is 0.787. The largest absolute Gasteiger partial charge is 0.361 e. The van der Waals surface area contributed by atoms with Gasteiger partial charge in [-0.3, -0.25) is 0 Å². The van der Waals surface area contributed by atoms with Gasteiger partial charge in [0.05, 0.1) is 0 Å². The summed E-state index contributed by atoms with van der Waals surface area (Å²) in [5.74, 6) is 0. The molecule has 1 aliphatic rings. The Kier molecular flexibility index (Phi) is 4.05. The molecule has 2 N–H and O–H groups in total. The van der Waals surface area contributed by atoms with E-state index in [0.29, 0.717) is 0 Å². The summed E-state index contributed by atoms with van der Waals surface area (Å²) in [4.78, 5) is 5.57. The van der Waals surface area contributed by atoms with Crippen molar-refractivity contribution in [2.45, 2.75) is 6.42 Å². The highest BCUT2D eigenvalue weighted by Crippen LogP contribution is 2.29. The van der Waals surface area contributed by atoms with Gasteiger partial charge in [-0.15, -0.1) is 0 Å². The number of aromatic amines is 1. The summed E-state index contributed by atoms with van der Waals surface area (Å²) in [7, 11) is 0. The lowest BCUT2D eigenvalue weighted by molar-refractivity contribution is 0.466. The second-order valence-corrected chi connectivity index (χ2v) is 6.36. The van der Waals surface area contributed by atoms with Crippen LogP contribution in [0, 0.1) is 0 Å². The van der Waals surface area contributed by atoms with E-state index in [0.717, 1.165) is 30.3 Å². The smallest absolute Gasteiger partial charge is 0.173 e. The Morgan fingerprint density at radius 3 is 2.62 bits per heavy atom. The lowest BCUT2D eigenvalue weighted by Crippen LogP contribution is -2.37. The summed E-state index contributed by atoms with van der Waals surface area (Å²) in [5, 5.41) is 5.39. The zero-order valence-electron chi connectivity index (χ0n) is 13.3. The van der Waals surface area contributed by atoms with Crippen molar-refractivity contribution < 1.29 is 0 Å². The predicted octanol–water partition coefficient (Wildman–Crippen LogP) is 4.65. The van der Waals surface area contributed by atoms with Crippen molar-refractivity contribution in [2.24, 2.45) is 0 Å². The Morgan fingerprint density at radius 2 is 1.83 bits per heavy atom. The summed E-state index contributed by atoms with van der Waals surface area (Å²) in [6.45, 7) is 1.78. The number of rotatable bonds is 2. The summed E-state index contributed by atoms with van der Waals surface area (Å²) >= 11 is 5.55. The van der Waals surface area contributed by atoms with Crippen LogP contribution in [0.15, 0.2) is 66.9 Å². The molecule has 2 heterocycles. The van der Waals surface area contributed by atoms with Gasteiger partial charge < -0.3 is 15.2 Å². The highest BCUT2D eigenvalue weighted by Gasteiger charge is 2.17. The van der Waals surface area contributed by atoms with Crippen LogP contribution in [0.5, 0.6) is 0 Å². The van der Waals surface area contributed by atoms with Crippen LogP contribution in [-0.2, 0) is 0 Å². The molecule has 4 rings (SSSR count). The second kappa shape index (κ2) is 6.49. The molecule has 0 unspecified atom stereocenters. The number of H-pyrrole nitrogens is 1. The van der Waals surface area contributed by atoms with Crippen molar-refractivity contribution in [3.05, 3.63) is 72.4 Å². The van der Waals surface area contributed by atoms with E-state index in [2.05, 4.69) is 51.7 Å². The molecule has 1 aliphatic heterocycles. The molecule has 0 spiro atoms. The average Bonchev–Trinajstić information content (AvgIpc) is 3.07. The summed E-state index contributed by atoms with van der Waals surface area (Å²) in [6.07, 6.45) is 5.41. The number of aromatic nitrogens is 1. The van der Waals surface area contributed by atoms with Crippen LogP contribution in [0.1, 0.15) is 12.0 Å². The lowest BCUT2D eigenvalue weighted by Gasteiger charge is -2.29. The maximum Gasteiger partial charge on any atom is 0.173 e. The monoisotopic (exact) mass is 333 g/mol. The molecule has 0 bridgehead atoms. The minimum absolute atomic E-state index is 0.787. The van der Waals surface area contributed by atoms with Gasteiger partial charge in [0.15, 0.2) is 5.11 Å². The fourth-order valence-electron chi connectivity index (χ4n) is 3.16. The Morgan fingerprint density at radius 1 is 1.04 bits per heavy atom. The number of benzene rings is 2. The normalized spacial score (nSPS) is 14.5. The minimum Gasteiger partial charge on any atom is -0.361 e. The zero-order valence-corrected chi connectivity index (χ0v) is 14.1. The molecule has 120 valence electrons. The van der Waals surface area contributed by atoms with Gasteiger partial charge in [0.2, 0.25) is 0 Å². The molecular weight excluding hydrogens is 314 g/mol. The number of hydrogen-bond acceptors (Lipinski definition) is 1. The van der Waals surface area contributed by atoms with Crippen LogP contribution in [-0.4, -0.2) is 28.1 Å². The first-order valence-electron chi connectivity index (χ1n) is 8.18. The van der Waals surface area contributed by atoms with Crippen molar-refractivity contribution >= 4 is 39.5 Å². The number of nitrogens with zero attached hydrogens (tertiary/aromatic N) is 1. The number of nitrogens with one attached hydrogen (secondary N) is 2. The lowest BCUT2D eigenvalue weighted by atomic mass is 9.99. The van der Waals surface area contributed by atoms with E-state index in [1.807, 2.05) is 30.3 Å². The van der Waals surface area contributed by atoms with Gasteiger partial charge in [0.1, 0.15) is 0 Å². The quantitative estimate of drug-likeness (QED) is 0.669. The molecule has 0 atom stereocenters. The van der Waals surface area contributed by atoms with Gasteiger partial charge >= 0.3 is 0 Å². The maximum absolute atomic E-state index is 5.55. The van der Waals surface area contributed by atoms with Gasteiger partial charge in [-0.05, 0) is 42.4 Å². The fourth-order valence-corrected chi connectivity index (χ4v) is 3.44. The highest BCUT2D eigenvalue weighted by molar-refractivity contribution is 7.80. The van der Waals surface area contributed by atoms with Gasteiger partial charge in [-0.1, -0.05) is 42.5 Å². The number of hydrogen-bond donors (Lipinski definition) is 2.